The van der Waals surface area contributed by atoms with Crippen molar-refractivity contribution in [2.45, 2.75) is 13.0 Å². The Morgan fingerprint density at radius 2 is 1.89 bits per heavy atom. The molecule has 0 aliphatic heterocycles. The van der Waals surface area contributed by atoms with Crippen molar-refractivity contribution in [1.29, 1.82) is 0 Å². The third kappa shape index (κ3) is 2.93. The van der Waals surface area contributed by atoms with E-state index in [0.29, 0.717) is 11.4 Å². The number of carbonyl (C=O) groups excluding carboxylic acids is 1. The summed E-state index contributed by atoms with van der Waals surface area (Å²) < 4.78 is 0. The molecule has 0 spiro atoms. The molecule has 92 valence electrons. The van der Waals surface area contributed by atoms with Gasteiger partial charge in [0.25, 0.3) is 5.91 Å². The average Bonchev–Trinajstić information content (AvgIpc) is 2.40. The first-order valence-corrected chi connectivity index (χ1v) is 5.68. The second-order valence-electron chi connectivity index (χ2n) is 3.94. The van der Waals surface area contributed by atoms with Crippen LogP contribution in [0.1, 0.15) is 29.2 Å². The van der Waals surface area contributed by atoms with Gasteiger partial charge in [0.2, 0.25) is 0 Å². The molecule has 1 atom stereocenters. The Kier molecular flexibility index (Phi) is 3.69. The number of amides is 1. The zero-order valence-electron chi connectivity index (χ0n) is 10.00. The van der Waals surface area contributed by atoms with Crippen molar-refractivity contribution >= 4 is 11.6 Å². The highest BCUT2D eigenvalue weighted by Crippen LogP contribution is 2.11. The van der Waals surface area contributed by atoms with Crippen molar-refractivity contribution in [1.82, 2.24) is 4.98 Å². The highest BCUT2D eigenvalue weighted by Gasteiger charge is 2.10. The van der Waals surface area contributed by atoms with Gasteiger partial charge in [0, 0.05) is 5.69 Å². The van der Waals surface area contributed by atoms with Crippen molar-refractivity contribution in [2.75, 3.05) is 5.32 Å². The van der Waals surface area contributed by atoms with Crippen LogP contribution in [0.15, 0.2) is 48.5 Å². The Morgan fingerprint density at radius 1 is 1.17 bits per heavy atom. The molecule has 0 aliphatic rings. The Bertz CT molecular complexity index is 539. The monoisotopic (exact) mass is 242 g/mol. The standard InChI is InChI=1S/C14H14N2O2/c1-10(17)12-8-5-9-13(16-12)14(18)15-11-6-3-2-4-7-11/h2-10,17H,1H3,(H,15,18). The first-order valence-electron chi connectivity index (χ1n) is 5.68. The van der Waals surface area contributed by atoms with Gasteiger partial charge in [-0.1, -0.05) is 24.3 Å². The molecule has 0 fully saturated rings. The van der Waals surface area contributed by atoms with Crippen LogP contribution in [0, 0.1) is 0 Å². The maximum atomic E-state index is 11.9. The number of hydrogen-bond acceptors (Lipinski definition) is 3. The summed E-state index contributed by atoms with van der Waals surface area (Å²) in [5, 5.41) is 12.2. The minimum Gasteiger partial charge on any atom is -0.387 e. The second kappa shape index (κ2) is 5.42. The quantitative estimate of drug-likeness (QED) is 0.868. The molecule has 0 saturated heterocycles. The Hall–Kier alpha value is -2.20. The van der Waals surface area contributed by atoms with E-state index in [-0.39, 0.29) is 11.6 Å². The van der Waals surface area contributed by atoms with Crippen LogP contribution in [0.5, 0.6) is 0 Å². The number of benzene rings is 1. The topological polar surface area (TPSA) is 62.2 Å². The molecule has 0 radical (unpaired) electrons. The summed E-state index contributed by atoms with van der Waals surface area (Å²) >= 11 is 0. The van der Waals surface area contributed by atoms with E-state index in [1.165, 1.54) is 0 Å². The number of nitrogens with zero attached hydrogens (tertiary/aromatic N) is 1. The number of carbonyl (C=O) groups is 1. The van der Waals surface area contributed by atoms with Crippen molar-refractivity contribution in [3.63, 3.8) is 0 Å². The van der Waals surface area contributed by atoms with Crippen molar-refractivity contribution < 1.29 is 9.90 Å². The van der Waals surface area contributed by atoms with Gasteiger partial charge in [0.05, 0.1) is 11.8 Å². The largest absolute Gasteiger partial charge is 0.387 e. The lowest BCUT2D eigenvalue weighted by atomic mass is 10.2. The molecule has 1 heterocycles. The summed E-state index contributed by atoms with van der Waals surface area (Å²) in [6.45, 7) is 1.61. The van der Waals surface area contributed by atoms with Crippen LogP contribution in [-0.2, 0) is 0 Å². The second-order valence-corrected chi connectivity index (χ2v) is 3.94. The van der Waals surface area contributed by atoms with E-state index in [1.807, 2.05) is 18.2 Å². The van der Waals surface area contributed by atoms with Crippen LogP contribution >= 0.6 is 0 Å². The Labute approximate surface area is 105 Å². The minimum absolute atomic E-state index is 0.288. The molecule has 0 aliphatic carbocycles. The highest BCUT2D eigenvalue weighted by molar-refractivity contribution is 6.02. The Morgan fingerprint density at radius 3 is 2.56 bits per heavy atom. The van der Waals surface area contributed by atoms with Crippen molar-refractivity contribution in [3.05, 3.63) is 59.9 Å². The minimum atomic E-state index is -0.686. The van der Waals surface area contributed by atoms with Crippen LogP contribution in [0.4, 0.5) is 5.69 Å². The molecule has 1 aromatic heterocycles. The van der Waals surface area contributed by atoms with Gasteiger partial charge in [0.1, 0.15) is 5.69 Å². The molecule has 0 bridgehead atoms. The number of rotatable bonds is 3. The number of nitrogens with one attached hydrogen (secondary N) is 1. The number of aromatic nitrogens is 1. The predicted molar refractivity (Wildman–Crippen MR) is 69.3 cm³/mol. The van der Waals surface area contributed by atoms with Gasteiger partial charge in [-0.2, -0.15) is 0 Å². The third-order valence-electron chi connectivity index (χ3n) is 2.46. The zero-order valence-corrected chi connectivity index (χ0v) is 10.00. The molecule has 4 nitrogen and oxygen atoms in total. The van der Waals surface area contributed by atoms with Crippen LogP contribution in [0.25, 0.3) is 0 Å². The summed E-state index contributed by atoms with van der Waals surface area (Å²) in [4.78, 5) is 16.0. The average molecular weight is 242 g/mol. The molecule has 1 amide bonds. The van der Waals surface area contributed by atoms with Crippen LogP contribution < -0.4 is 5.32 Å². The number of pyridine rings is 1. The van der Waals surface area contributed by atoms with Gasteiger partial charge in [-0.15, -0.1) is 0 Å². The SMILES string of the molecule is CC(O)c1cccc(C(=O)Nc2ccccc2)n1. The number of anilines is 1. The molecule has 2 rings (SSSR count). The van der Waals surface area contributed by atoms with E-state index < -0.39 is 6.10 Å². The van der Waals surface area contributed by atoms with Gasteiger partial charge >= 0.3 is 0 Å². The maximum Gasteiger partial charge on any atom is 0.274 e. The van der Waals surface area contributed by atoms with E-state index in [2.05, 4.69) is 10.3 Å². The summed E-state index contributed by atoms with van der Waals surface area (Å²) in [5.41, 5.74) is 1.49. The summed E-state index contributed by atoms with van der Waals surface area (Å²) in [6, 6.07) is 14.2. The van der Waals surface area contributed by atoms with E-state index in [1.54, 1.807) is 37.3 Å². The van der Waals surface area contributed by atoms with Crippen LogP contribution in [0.3, 0.4) is 0 Å². The first kappa shape index (κ1) is 12.3. The Balaban J connectivity index is 2.16. The molecule has 1 unspecified atom stereocenters. The fourth-order valence-electron chi connectivity index (χ4n) is 1.53. The fourth-order valence-corrected chi connectivity index (χ4v) is 1.53. The molecule has 1 aromatic carbocycles. The van der Waals surface area contributed by atoms with Crippen LogP contribution in [0.2, 0.25) is 0 Å². The van der Waals surface area contributed by atoms with E-state index in [9.17, 15) is 9.90 Å². The van der Waals surface area contributed by atoms with Crippen LogP contribution in [-0.4, -0.2) is 16.0 Å². The first-order chi connectivity index (χ1) is 8.66. The number of aliphatic hydroxyl groups excluding tert-OH is 1. The fraction of sp³-hybridized carbons (Fsp3) is 0.143. The summed E-state index contributed by atoms with van der Waals surface area (Å²) in [5.74, 6) is -0.288. The maximum absolute atomic E-state index is 11.9. The normalized spacial score (nSPS) is 11.9. The van der Waals surface area contributed by atoms with E-state index >= 15 is 0 Å². The lowest BCUT2D eigenvalue weighted by Gasteiger charge is -2.07. The molecule has 18 heavy (non-hydrogen) atoms. The molecule has 0 saturated carbocycles. The van der Waals surface area contributed by atoms with Crippen molar-refractivity contribution in [2.24, 2.45) is 0 Å². The van der Waals surface area contributed by atoms with Gasteiger partial charge < -0.3 is 10.4 Å². The number of hydrogen-bond donors (Lipinski definition) is 2. The number of aliphatic hydroxyl groups is 1. The van der Waals surface area contributed by atoms with E-state index in [4.69, 9.17) is 0 Å². The smallest absolute Gasteiger partial charge is 0.274 e. The molecular weight excluding hydrogens is 228 g/mol. The molecule has 2 N–H and O–H groups in total. The third-order valence-corrected chi connectivity index (χ3v) is 2.46. The van der Waals surface area contributed by atoms with Crippen molar-refractivity contribution in [3.8, 4) is 0 Å². The molecule has 4 heteroatoms. The van der Waals surface area contributed by atoms with Gasteiger partial charge in [0.15, 0.2) is 0 Å². The number of para-hydroxylation sites is 1. The summed E-state index contributed by atoms with van der Waals surface area (Å²) in [7, 11) is 0. The molecular formula is C14H14N2O2. The summed E-state index contributed by atoms with van der Waals surface area (Å²) in [6.07, 6.45) is -0.686. The lowest BCUT2D eigenvalue weighted by Crippen LogP contribution is -2.14. The highest BCUT2D eigenvalue weighted by atomic mass is 16.3. The predicted octanol–water partition coefficient (Wildman–Crippen LogP) is 2.39. The lowest BCUT2D eigenvalue weighted by molar-refractivity contribution is 0.102. The van der Waals surface area contributed by atoms with E-state index in [0.717, 1.165) is 0 Å². The zero-order chi connectivity index (χ0) is 13.0. The van der Waals surface area contributed by atoms with Gasteiger partial charge in [-0.25, -0.2) is 4.98 Å². The van der Waals surface area contributed by atoms with Gasteiger partial charge in [-0.05, 0) is 31.2 Å². The molecule has 2 aromatic rings. The van der Waals surface area contributed by atoms with Gasteiger partial charge in [-0.3, -0.25) is 4.79 Å².